The molecular formula is C16H13NO7. The second kappa shape index (κ2) is 7.73. The summed E-state index contributed by atoms with van der Waals surface area (Å²) in [6.45, 7) is -0.0730. The van der Waals surface area contributed by atoms with E-state index in [0.29, 0.717) is 11.3 Å². The minimum atomic E-state index is -1.16. The largest absolute Gasteiger partial charge is 0.516 e. The van der Waals surface area contributed by atoms with Crippen molar-refractivity contribution in [3.8, 4) is 5.75 Å². The molecule has 0 radical (unpaired) electrons. The molecule has 0 heterocycles. The number of non-ortho nitro benzene ring substituents is 1. The van der Waals surface area contributed by atoms with E-state index in [0.717, 1.165) is 12.1 Å². The summed E-state index contributed by atoms with van der Waals surface area (Å²) in [4.78, 5) is 33.2. The van der Waals surface area contributed by atoms with Crippen molar-refractivity contribution in [2.45, 2.75) is 6.61 Å². The molecule has 8 heteroatoms. The lowest BCUT2D eigenvalue weighted by Gasteiger charge is -2.06. The molecule has 2 aromatic rings. The van der Waals surface area contributed by atoms with Crippen LogP contribution in [0.2, 0.25) is 0 Å². The van der Waals surface area contributed by atoms with E-state index in [1.165, 1.54) is 19.2 Å². The molecular weight excluding hydrogens is 318 g/mol. The van der Waals surface area contributed by atoms with Crippen LogP contribution >= 0.6 is 0 Å². The van der Waals surface area contributed by atoms with E-state index < -0.39 is 17.0 Å². The van der Waals surface area contributed by atoms with Gasteiger partial charge in [0.2, 0.25) is 0 Å². The van der Waals surface area contributed by atoms with Crippen LogP contribution in [0.1, 0.15) is 15.9 Å². The van der Waals surface area contributed by atoms with E-state index >= 15 is 0 Å². The van der Waals surface area contributed by atoms with Crippen molar-refractivity contribution in [2.75, 3.05) is 7.11 Å². The van der Waals surface area contributed by atoms with Crippen molar-refractivity contribution in [1.29, 1.82) is 0 Å². The van der Waals surface area contributed by atoms with Crippen molar-refractivity contribution in [1.82, 2.24) is 0 Å². The highest BCUT2D eigenvalue weighted by Gasteiger charge is 2.15. The molecule has 0 bridgehead atoms. The summed E-state index contributed by atoms with van der Waals surface area (Å²) < 4.78 is 14.3. The van der Waals surface area contributed by atoms with Crippen LogP contribution < -0.4 is 4.74 Å². The van der Waals surface area contributed by atoms with Gasteiger partial charge in [0, 0.05) is 12.1 Å². The maximum Gasteiger partial charge on any atom is 0.516 e. The third-order valence-electron chi connectivity index (χ3n) is 3.01. The quantitative estimate of drug-likeness (QED) is 0.359. The number of carbonyl (C=O) groups excluding carboxylic acids is 2. The molecule has 0 aliphatic heterocycles. The van der Waals surface area contributed by atoms with Gasteiger partial charge in [0.1, 0.15) is 12.4 Å². The zero-order chi connectivity index (χ0) is 17.5. The maximum absolute atomic E-state index is 11.7. The maximum atomic E-state index is 11.7. The summed E-state index contributed by atoms with van der Waals surface area (Å²) in [6.07, 6.45) is -1.16. The molecule has 0 aliphatic carbocycles. The van der Waals surface area contributed by atoms with E-state index in [9.17, 15) is 19.7 Å². The van der Waals surface area contributed by atoms with Gasteiger partial charge in [0.15, 0.2) is 0 Å². The zero-order valence-electron chi connectivity index (χ0n) is 12.6. The van der Waals surface area contributed by atoms with E-state index in [1.807, 2.05) is 0 Å². The highest BCUT2D eigenvalue weighted by Crippen LogP contribution is 2.14. The molecule has 0 saturated carbocycles. The van der Waals surface area contributed by atoms with Crippen LogP contribution in [-0.2, 0) is 16.1 Å². The molecule has 0 saturated heterocycles. The molecule has 0 fully saturated rings. The lowest BCUT2D eigenvalue weighted by atomic mass is 10.2. The van der Waals surface area contributed by atoms with Gasteiger partial charge in [0.05, 0.1) is 17.6 Å². The molecule has 0 aliphatic rings. The van der Waals surface area contributed by atoms with Crippen molar-refractivity contribution < 1.29 is 28.7 Å². The number of rotatable bonds is 5. The monoisotopic (exact) mass is 331 g/mol. The minimum Gasteiger partial charge on any atom is -0.497 e. The number of esters is 1. The van der Waals surface area contributed by atoms with Crippen molar-refractivity contribution in [2.24, 2.45) is 0 Å². The first-order valence-corrected chi connectivity index (χ1v) is 6.76. The third-order valence-corrected chi connectivity index (χ3v) is 3.01. The average molecular weight is 331 g/mol. The Bertz CT molecular complexity index is 738. The molecule has 24 heavy (non-hydrogen) atoms. The molecule has 0 N–H and O–H groups in total. The van der Waals surface area contributed by atoms with Gasteiger partial charge >= 0.3 is 12.1 Å². The number of nitrogens with zero attached hydrogens (tertiary/aromatic N) is 1. The van der Waals surface area contributed by atoms with Crippen molar-refractivity contribution in [3.05, 3.63) is 69.8 Å². The number of carbonyl (C=O) groups is 2. The topological polar surface area (TPSA) is 105 Å². The van der Waals surface area contributed by atoms with Crippen LogP contribution in [-0.4, -0.2) is 24.2 Å². The predicted molar refractivity (Wildman–Crippen MR) is 81.7 cm³/mol. The number of methoxy groups -OCH3 is 1. The SMILES string of the molecule is COc1ccc(COC(=O)OC(=O)c2ccc([N+](=O)[O-])cc2)cc1. The summed E-state index contributed by atoms with van der Waals surface area (Å²) in [6, 6.07) is 11.5. The van der Waals surface area contributed by atoms with Crippen LogP contribution in [0.3, 0.4) is 0 Å². The Morgan fingerprint density at radius 2 is 1.67 bits per heavy atom. The van der Waals surface area contributed by atoms with Gasteiger partial charge in [-0.15, -0.1) is 0 Å². The number of benzene rings is 2. The number of ether oxygens (including phenoxy) is 3. The smallest absolute Gasteiger partial charge is 0.497 e. The van der Waals surface area contributed by atoms with Gasteiger partial charge < -0.3 is 14.2 Å². The Labute approximate surface area is 136 Å². The highest BCUT2D eigenvalue weighted by atomic mass is 16.7. The lowest BCUT2D eigenvalue weighted by molar-refractivity contribution is -0.384. The van der Waals surface area contributed by atoms with Gasteiger partial charge in [0.25, 0.3) is 5.69 Å². The molecule has 0 atom stereocenters. The first-order chi connectivity index (χ1) is 11.5. The molecule has 2 rings (SSSR count). The van der Waals surface area contributed by atoms with Crippen LogP contribution in [0.25, 0.3) is 0 Å². The Hall–Kier alpha value is -3.42. The van der Waals surface area contributed by atoms with Crippen LogP contribution in [0.15, 0.2) is 48.5 Å². The van der Waals surface area contributed by atoms with E-state index in [4.69, 9.17) is 9.47 Å². The van der Waals surface area contributed by atoms with Gasteiger partial charge in [-0.25, -0.2) is 9.59 Å². The van der Waals surface area contributed by atoms with E-state index in [2.05, 4.69) is 4.74 Å². The zero-order valence-corrected chi connectivity index (χ0v) is 12.6. The van der Waals surface area contributed by atoms with E-state index in [1.54, 1.807) is 24.3 Å². The normalized spacial score (nSPS) is 9.88. The second-order valence-corrected chi connectivity index (χ2v) is 4.58. The van der Waals surface area contributed by atoms with Crippen molar-refractivity contribution in [3.63, 3.8) is 0 Å². The number of hydrogen-bond acceptors (Lipinski definition) is 7. The molecule has 124 valence electrons. The summed E-state index contributed by atoms with van der Waals surface area (Å²) >= 11 is 0. The molecule has 8 nitrogen and oxygen atoms in total. The Morgan fingerprint density at radius 1 is 1.04 bits per heavy atom. The lowest BCUT2D eigenvalue weighted by Crippen LogP contribution is -2.14. The van der Waals surface area contributed by atoms with Crippen LogP contribution in [0, 0.1) is 10.1 Å². The molecule has 0 unspecified atom stereocenters. The summed E-state index contributed by atoms with van der Waals surface area (Å²) in [5, 5.41) is 10.5. The summed E-state index contributed by atoms with van der Waals surface area (Å²) in [5.41, 5.74) is 0.520. The third kappa shape index (κ3) is 4.54. The fourth-order valence-corrected chi connectivity index (χ4v) is 1.75. The predicted octanol–water partition coefficient (Wildman–Crippen LogP) is 3.10. The fourth-order valence-electron chi connectivity index (χ4n) is 1.75. The minimum absolute atomic E-state index is 0.00185. The van der Waals surface area contributed by atoms with Crippen molar-refractivity contribution >= 4 is 17.8 Å². The Morgan fingerprint density at radius 3 is 2.21 bits per heavy atom. The van der Waals surface area contributed by atoms with Gasteiger partial charge in [-0.2, -0.15) is 0 Å². The first kappa shape index (κ1) is 16.9. The molecule has 0 aromatic heterocycles. The Kier molecular flexibility index (Phi) is 5.45. The second-order valence-electron chi connectivity index (χ2n) is 4.58. The van der Waals surface area contributed by atoms with Gasteiger partial charge in [-0.1, -0.05) is 12.1 Å². The molecule has 2 aromatic carbocycles. The highest BCUT2D eigenvalue weighted by molar-refractivity contribution is 5.95. The van der Waals surface area contributed by atoms with Crippen LogP contribution in [0.4, 0.5) is 10.5 Å². The molecule has 0 amide bonds. The Balaban J connectivity index is 1.86. The average Bonchev–Trinajstić information content (AvgIpc) is 2.60. The summed E-state index contributed by atoms with van der Waals surface area (Å²) in [5.74, 6) is -0.292. The summed E-state index contributed by atoms with van der Waals surface area (Å²) in [7, 11) is 1.53. The first-order valence-electron chi connectivity index (χ1n) is 6.76. The number of nitro groups is 1. The molecule has 0 spiro atoms. The number of nitro benzene ring substituents is 1. The fraction of sp³-hybridized carbons (Fsp3) is 0.125. The van der Waals surface area contributed by atoms with E-state index in [-0.39, 0.29) is 17.9 Å². The standard InChI is InChI=1S/C16H13NO7/c1-22-14-8-2-11(3-9-14)10-23-16(19)24-15(18)12-4-6-13(7-5-12)17(20)21/h2-9H,10H2,1H3. The van der Waals surface area contributed by atoms with Crippen LogP contribution in [0.5, 0.6) is 5.75 Å². The van der Waals surface area contributed by atoms with Gasteiger partial charge in [-0.3, -0.25) is 10.1 Å². The van der Waals surface area contributed by atoms with Gasteiger partial charge in [-0.05, 0) is 29.8 Å². The number of hydrogen-bond donors (Lipinski definition) is 0.